The number of hydrogen-bond donors (Lipinski definition) is 2. The van der Waals surface area contributed by atoms with Crippen LogP contribution in [0.25, 0.3) is 0 Å². The number of aromatic nitrogens is 2. The molecule has 0 aliphatic heterocycles. The molecule has 0 saturated carbocycles. The first-order valence-corrected chi connectivity index (χ1v) is 6.65. The van der Waals surface area contributed by atoms with Gasteiger partial charge in [-0.25, -0.2) is 9.78 Å². The van der Waals surface area contributed by atoms with E-state index >= 15 is 0 Å². The predicted molar refractivity (Wildman–Crippen MR) is 79.8 cm³/mol. The number of nitrogens with two attached hydrogens (primary N) is 1. The molecule has 1 aromatic heterocycles. The predicted octanol–water partition coefficient (Wildman–Crippen LogP) is 1.77. The zero-order valence-corrected chi connectivity index (χ0v) is 11.8. The largest absolute Gasteiger partial charge is 0.464 e. The van der Waals surface area contributed by atoms with Gasteiger partial charge in [0.1, 0.15) is 5.82 Å². The summed E-state index contributed by atoms with van der Waals surface area (Å²) >= 11 is 0. The monoisotopic (exact) mass is 286 g/mol. The van der Waals surface area contributed by atoms with E-state index in [1.165, 1.54) is 13.3 Å². The van der Waals surface area contributed by atoms with Crippen LogP contribution in [-0.2, 0) is 4.74 Å². The highest BCUT2D eigenvalue weighted by molar-refractivity contribution is 5.87. The molecule has 1 heterocycles. The Morgan fingerprint density at radius 3 is 2.81 bits per heavy atom. The Balaban J connectivity index is 1.87. The van der Waals surface area contributed by atoms with Crippen molar-refractivity contribution in [1.29, 1.82) is 0 Å². The van der Waals surface area contributed by atoms with Gasteiger partial charge in [0, 0.05) is 12.6 Å². The minimum Gasteiger partial charge on any atom is -0.464 e. The molecular formula is C15H18N4O2. The standard InChI is InChI=1S/C15H18N4O2/c1-21-15(20)13-9-17-10-14(19-13)18-8-7-12(16)11-5-3-2-4-6-11/h2-6,9-10,12H,7-8,16H2,1H3,(H,18,19). The molecule has 2 rings (SSSR count). The van der Waals surface area contributed by atoms with Crippen LogP contribution in [0.15, 0.2) is 42.7 Å². The highest BCUT2D eigenvalue weighted by atomic mass is 16.5. The Labute approximate surface area is 123 Å². The van der Waals surface area contributed by atoms with Crippen LogP contribution in [0, 0.1) is 0 Å². The van der Waals surface area contributed by atoms with Crippen LogP contribution in [0.3, 0.4) is 0 Å². The maximum atomic E-state index is 11.4. The molecule has 0 fully saturated rings. The van der Waals surface area contributed by atoms with Crippen molar-refractivity contribution in [2.45, 2.75) is 12.5 Å². The SMILES string of the molecule is COC(=O)c1cncc(NCCC(N)c2ccccc2)n1. The van der Waals surface area contributed by atoms with Crippen LogP contribution in [0.1, 0.15) is 28.5 Å². The molecule has 2 aromatic rings. The van der Waals surface area contributed by atoms with Gasteiger partial charge in [0.15, 0.2) is 5.69 Å². The Morgan fingerprint density at radius 2 is 2.10 bits per heavy atom. The molecule has 1 aromatic carbocycles. The van der Waals surface area contributed by atoms with Crippen molar-refractivity contribution in [1.82, 2.24) is 9.97 Å². The van der Waals surface area contributed by atoms with E-state index in [4.69, 9.17) is 5.73 Å². The fourth-order valence-electron chi connectivity index (χ4n) is 1.88. The summed E-state index contributed by atoms with van der Waals surface area (Å²) in [5, 5.41) is 3.10. The number of rotatable bonds is 6. The van der Waals surface area contributed by atoms with Gasteiger partial charge in [-0.15, -0.1) is 0 Å². The molecule has 3 N–H and O–H groups in total. The van der Waals surface area contributed by atoms with Crippen LogP contribution in [0.2, 0.25) is 0 Å². The molecule has 1 atom stereocenters. The zero-order valence-electron chi connectivity index (χ0n) is 11.8. The van der Waals surface area contributed by atoms with E-state index in [9.17, 15) is 4.79 Å². The molecule has 110 valence electrons. The van der Waals surface area contributed by atoms with Crippen molar-refractivity contribution in [3.8, 4) is 0 Å². The fourth-order valence-corrected chi connectivity index (χ4v) is 1.88. The number of benzene rings is 1. The molecule has 0 aliphatic carbocycles. The molecule has 21 heavy (non-hydrogen) atoms. The van der Waals surface area contributed by atoms with Gasteiger partial charge in [-0.05, 0) is 12.0 Å². The lowest BCUT2D eigenvalue weighted by atomic mass is 10.1. The first kappa shape index (κ1) is 14.9. The molecule has 6 nitrogen and oxygen atoms in total. The smallest absolute Gasteiger partial charge is 0.358 e. The van der Waals surface area contributed by atoms with Crippen molar-refractivity contribution in [3.05, 3.63) is 54.0 Å². The minimum absolute atomic E-state index is 0.0459. The second-order valence-electron chi connectivity index (χ2n) is 4.51. The van der Waals surface area contributed by atoms with E-state index in [0.717, 1.165) is 12.0 Å². The number of esters is 1. The molecule has 0 spiro atoms. The average Bonchev–Trinajstić information content (AvgIpc) is 2.55. The number of anilines is 1. The minimum atomic E-state index is -0.507. The van der Waals surface area contributed by atoms with Crippen LogP contribution in [0.4, 0.5) is 5.82 Å². The molecule has 0 aliphatic rings. The number of ether oxygens (including phenoxy) is 1. The second-order valence-corrected chi connectivity index (χ2v) is 4.51. The van der Waals surface area contributed by atoms with Crippen molar-refractivity contribution in [3.63, 3.8) is 0 Å². The van der Waals surface area contributed by atoms with Crippen molar-refractivity contribution < 1.29 is 9.53 Å². The molecule has 0 saturated heterocycles. The van der Waals surface area contributed by atoms with Gasteiger partial charge in [-0.3, -0.25) is 4.98 Å². The third kappa shape index (κ3) is 4.25. The Bertz CT molecular complexity index is 589. The highest BCUT2D eigenvalue weighted by Gasteiger charge is 2.09. The lowest BCUT2D eigenvalue weighted by Crippen LogP contribution is -2.16. The van der Waals surface area contributed by atoms with Gasteiger partial charge in [-0.1, -0.05) is 30.3 Å². The number of carbonyl (C=O) groups is 1. The van der Waals surface area contributed by atoms with Gasteiger partial charge < -0.3 is 15.8 Å². The quantitative estimate of drug-likeness (QED) is 0.786. The van der Waals surface area contributed by atoms with E-state index in [0.29, 0.717) is 12.4 Å². The third-order valence-corrected chi connectivity index (χ3v) is 3.02. The molecule has 0 amide bonds. The maximum absolute atomic E-state index is 11.4. The van der Waals surface area contributed by atoms with E-state index in [1.54, 1.807) is 6.20 Å². The van der Waals surface area contributed by atoms with Gasteiger partial charge >= 0.3 is 5.97 Å². The van der Waals surface area contributed by atoms with Crippen LogP contribution < -0.4 is 11.1 Å². The summed E-state index contributed by atoms with van der Waals surface area (Å²) in [6.07, 6.45) is 3.67. The first-order valence-electron chi connectivity index (χ1n) is 6.65. The summed E-state index contributed by atoms with van der Waals surface area (Å²) in [5.74, 6) is 0.0188. The number of hydrogen-bond acceptors (Lipinski definition) is 6. The number of methoxy groups -OCH3 is 1. The lowest BCUT2D eigenvalue weighted by Gasteiger charge is -2.12. The van der Waals surface area contributed by atoms with Crippen molar-refractivity contribution in [2.75, 3.05) is 19.0 Å². The highest BCUT2D eigenvalue weighted by Crippen LogP contribution is 2.13. The van der Waals surface area contributed by atoms with Crippen LogP contribution in [0.5, 0.6) is 0 Å². The molecule has 6 heteroatoms. The Kier molecular flexibility index (Phi) is 5.22. The van der Waals surface area contributed by atoms with Gasteiger partial charge in [0.2, 0.25) is 0 Å². The fraction of sp³-hybridized carbons (Fsp3) is 0.267. The summed E-state index contributed by atoms with van der Waals surface area (Å²) in [6.45, 7) is 0.634. The summed E-state index contributed by atoms with van der Waals surface area (Å²) in [6, 6.07) is 9.85. The van der Waals surface area contributed by atoms with Gasteiger partial charge in [0.05, 0.1) is 19.5 Å². The van der Waals surface area contributed by atoms with Gasteiger partial charge in [-0.2, -0.15) is 0 Å². The number of nitrogens with one attached hydrogen (secondary N) is 1. The molecule has 0 radical (unpaired) electrons. The van der Waals surface area contributed by atoms with E-state index < -0.39 is 5.97 Å². The first-order chi connectivity index (χ1) is 10.2. The van der Waals surface area contributed by atoms with Crippen LogP contribution >= 0.6 is 0 Å². The third-order valence-electron chi connectivity index (χ3n) is 3.02. The van der Waals surface area contributed by atoms with Crippen molar-refractivity contribution in [2.24, 2.45) is 5.73 Å². The normalized spacial score (nSPS) is 11.7. The van der Waals surface area contributed by atoms with E-state index in [2.05, 4.69) is 20.0 Å². The van der Waals surface area contributed by atoms with Crippen LogP contribution in [-0.4, -0.2) is 29.6 Å². The Morgan fingerprint density at radius 1 is 1.33 bits per heavy atom. The van der Waals surface area contributed by atoms with E-state index in [1.807, 2.05) is 30.3 Å². The average molecular weight is 286 g/mol. The summed E-state index contributed by atoms with van der Waals surface area (Å²) in [5.41, 5.74) is 7.38. The molecular weight excluding hydrogens is 268 g/mol. The molecule has 1 unspecified atom stereocenters. The van der Waals surface area contributed by atoms with Crippen molar-refractivity contribution >= 4 is 11.8 Å². The number of carbonyl (C=O) groups excluding carboxylic acids is 1. The van der Waals surface area contributed by atoms with E-state index in [-0.39, 0.29) is 11.7 Å². The topological polar surface area (TPSA) is 90.1 Å². The Hall–Kier alpha value is -2.47. The zero-order chi connectivity index (χ0) is 15.1. The lowest BCUT2D eigenvalue weighted by molar-refractivity contribution is 0.0593. The summed E-state index contributed by atoms with van der Waals surface area (Å²) < 4.78 is 4.60. The maximum Gasteiger partial charge on any atom is 0.358 e. The molecule has 0 bridgehead atoms. The number of nitrogens with zero attached hydrogens (tertiary/aromatic N) is 2. The second kappa shape index (κ2) is 7.35. The van der Waals surface area contributed by atoms with Gasteiger partial charge in [0.25, 0.3) is 0 Å². The summed E-state index contributed by atoms with van der Waals surface area (Å²) in [4.78, 5) is 19.4. The summed E-state index contributed by atoms with van der Waals surface area (Å²) in [7, 11) is 1.31.